The van der Waals surface area contributed by atoms with Crippen molar-refractivity contribution in [3.63, 3.8) is 0 Å². The Balaban J connectivity index is 0.00000529. The summed E-state index contributed by atoms with van der Waals surface area (Å²) >= 11 is 0. The van der Waals surface area contributed by atoms with Crippen LogP contribution in [-0.4, -0.2) is 42.3 Å². The van der Waals surface area contributed by atoms with Crippen molar-refractivity contribution in [2.24, 2.45) is 10.9 Å². The molecule has 1 rings (SSSR count). The molecule has 24 heavy (non-hydrogen) atoms. The maximum atomic E-state index is 9.14. The van der Waals surface area contributed by atoms with Gasteiger partial charge < -0.3 is 15.7 Å². The van der Waals surface area contributed by atoms with Gasteiger partial charge in [0.25, 0.3) is 0 Å². The van der Waals surface area contributed by atoms with E-state index >= 15 is 0 Å². The molecule has 0 spiro atoms. The van der Waals surface area contributed by atoms with E-state index in [2.05, 4.69) is 47.4 Å². The minimum atomic E-state index is 0. The van der Waals surface area contributed by atoms with Gasteiger partial charge in [-0.3, -0.25) is 9.98 Å². The van der Waals surface area contributed by atoms with E-state index in [-0.39, 0.29) is 30.6 Å². The van der Waals surface area contributed by atoms with Gasteiger partial charge in [0.15, 0.2) is 5.96 Å². The monoisotopic (exact) mass is 448 g/mol. The van der Waals surface area contributed by atoms with Gasteiger partial charge in [0.1, 0.15) is 0 Å². The number of nitrogens with zero attached hydrogens (tertiary/aromatic N) is 2. The number of aliphatic imine (C=N–C) groups is 1. The van der Waals surface area contributed by atoms with Crippen molar-refractivity contribution in [1.82, 2.24) is 15.6 Å². The lowest BCUT2D eigenvalue weighted by Gasteiger charge is -2.15. The minimum absolute atomic E-state index is 0. The number of hydrogen-bond acceptors (Lipinski definition) is 3. The number of pyridine rings is 1. The quantitative estimate of drug-likeness (QED) is 0.293. The van der Waals surface area contributed by atoms with Gasteiger partial charge in [-0.2, -0.15) is 0 Å². The van der Waals surface area contributed by atoms with Crippen molar-refractivity contribution in [1.29, 1.82) is 0 Å². The molecule has 6 heteroatoms. The van der Waals surface area contributed by atoms with Gasteiger partial charge in [-0.25, -0.2) is 0 Å². The molecule has 1 atom stereocenters. The summed E-state index contributed by atoms with van der Waals surface area (Å²) in [5, 5.41) is 15.8. The molecular weight excluding hydrogens is 415 g/mol. The second-order valence-corrected chi connectivity index (χ2v) is 5.87. The highest BCUT2D eigenvalue weighted by Gasteiger charge is 2.07. The van der Waals surface area contributed by atoms with Crippen LogP contribution in [0, 0.1) is 12.8 Å². The number of aliphatic hydroxyl groups is 1. The molecule has 0 aliphatic rings. The largest absolute Gasteiger partial charge is 0.396 e. The van der Waals surface area contributed by atoms with Crippen molar-refractivity contribution >= 4 is 29.9 Å². The zero-order valence-corrected chi connectivity index (χ0v) is 17.5. The molecule has 0 aliphatic carbocycles. The van der Waals surface area contributed by atoms with Gasteiger partial charge in [0.2, 0.25) is 0 Å². The summed E-state index contributed by atoms with van der Waals surface area (Å²) in [5.74, 6) is 1.32. The Hall–Kier alpha value is -0.890. The lowest BCUT2D eigenvalue weighted by molar-refractivity contribution is 0.253. The predicted octanol–water partition coefficient (Wildman–Crippen LogP) is 2.90. The maximum Gasteiger partial charge on any atom is 0.191 e. The number of aromatic nitrogens is 1. The Bertz CT molecular complexity index is 462. The summed E-state index contributed by atoms with van der Waals surface area (Å²) in [6.07, 6.45) is 7.76. The number of rotatable bonds is 10. The first-order valence-electron chi connectivity index (χ1n) is 8.73. The average Bonchev–Trinajstić information content (AvgIpc) is 2.54. The van der Waals surface area contributed by atoms with Crippen molar-refractivity contribution < 1.29 is 5.11 Å². The minimum Gasteiger partial charge on any atom is -0.396 e. The van der Waals surface area contributed by atoms with Gasteiger partial charge in [-0.05, 0) is 56.2 Å². The molecule has 0 aliphatic heterocycles. The zero-order chi connectivity index (χ0) is 16.9. The van der Waals surface area contributed by atoms with E-state index in [0.717, 1.165) is 51.3 Å². The molecule has 0 saturated carbocycles. The SMILES string of the molecule is CCCC(CCO)CN=C(NCC)NCCc1ccncc1C.I. The van der Waals surface area contributed by atoms with E-state index in [1.807, 2.05) is 12.4 Å². The molecule has 5 nitrogen and oxygen atoms in total. The summed E-state index contributed by atoms with van der Waals surface area (Å²) in [7, 11) is 0. The Morgan fingerprint density at radius 3 is 2.71 bits per heavy atom. The van der Waals surface area contributed by atoms with Crippen LogP contribution in [-0.2, 0) is 6.42 Å². The average molecular weight is 448 g/mol. The molecule has 0 amide bonds. The predicted molar refractivity (Wildman–Crippen MR) is 112 cm³/mol. The fourth-order valence-electron chi connectivity index (χ4n) is 2.58. The fourth-order valence-corrected chi connectivity index (χ4v) is 2.58. The van der Waals surface area contributed by atoms with Crippen LogP contribution in [0.1, 0.15) is 44.2 Å². The van der Waals surface area contributed by atoms with E-state index < -0.39 is 0 Å². The maximum absolute atomic E-state index is 9.14. The van der Waals surface area contributed by atoms with E-state index in [4.69, 9.17) is 5.11 Å². The van der Waals surface area contributed by atoms with E-state index in [1.165, 1.54) is 11.1 Å². The molecular formula is C18H33IN4O. The van der Waals surface area contributed by atoms with Gasteiger partial charge in [0.05, 0.1) is 0 Å². The summed E-state index contributed by atoms with van der Waals surface area (Å²) < 4.78 is 0. The molecule has 1 unspecified atom stereocenters. The Morgan fingerprint density at radius 1 is 1.29 bits per heavy atom. The molecule has 3 N–H and O–H groups in total. The summed E-state index contributed by atoms with van der Waals surface area (Å²) in [5.41, 5.74) is 2.54. The van der Waals surface area contributed by atoms with Crippen LogP contribution in [0.25, 0.3) is 0 Å². The second-order valence-electron chi connectivity index (χ2n) is 5.87. The highest BCUT2D eigenvalue weighted by Crippen LogP contribution is 2.11. The second kappa shape index (κ2) is 14.5. The van der Waals surface area contributed by atoms with Crippen LogP contribution >= 0.6 is 24.0 Å². The first kappa shape index (κ1) is 23.1. The number of guanidine groups is 1. The first-order valence-corrected chi connectivity index (χ1v) is 8.73. The molecule has 0 fully saturated rings. The van der Waals surface area contributed by atoms with Crippen LogP contribution in [0.15, 0.2) is 23.5 Å². The third-order valence-corrected chi connectivity index (χ3v) is 3.91. The van der Waals surface area contributed by atoms with Crippen LogP contribution < -0.4 is 10.6 Å². The van der Waals surface area contributed by atoms with Gasteiger partial charge in [-0.15, -0.1) is 24.0 Å². The van der Waals surface area contributed by atoms with Gasteiger partial charge >= 0.3 is 0 Å². The number of nitrogens with one attached hydrogen (secondary N) is 2. The lowest BCUT2D eigenvalue weighted by Crippen LogP contribution is -2.38. The first-order chi connectivity index (χ1) is 11.2. The molecule has 0 aromatic carbocycles. The topological polar surface area (TPSA) is 69.5 Å². The van der Waals surface area contributed by atoms with Crippen LogP contribution in [0.4, 0.5) is 0 Å². The van der Waals surface area contributed by atoms with Crippen molar-refractivity contribution in [2.45, 2.75) is 46.5 Å². The summed E-state index contributed by atoms with van der Waals surface area (Å²) in [4.78, 5) is 8.80. The normalized spacial score (nSPS) is 12.4. The summed E-state index contributed by atoms with van der Waals surface area (Å²) in [6.45, 7) is 9.03. The van der Waals surface area contributed by atoms with Gasteiger partial charge in [-0.1, -0.05) is 13.3 Å². The molecule has 0 saturated heterocycles. The fraction of sp³-hybridized carbons (Fsp3) is 0.667. The van der Waals surface area contributed by atoms with Crippen LogP contribution in [0.3, 0.4) is 0 Å². The Kier molecular flexibility index (Phi) is 13.9. The third kappa shape index (κ3) is 9.42. The molecule has 138 valence electrons. The molecule has 0 radical (unpaired) electrons. The smallest absolute Gasteiger partial charge is 0.191 e. The lowest BCUT2D eigenvalue weighted by atomic mass is 10.0. The van der Waals surface area contributed by atoms with Crippen LogP contribution in [0.5, 0.6) is 0 Å². The van der Waals surface area contributed by atoms with E-state index in [1.54, 1.807) is 0 Å². The number of aliphatic hydroxyl groups excluding tert-OH is 1. The number of hydrogen-bond donors (Lipinski definition) is 3. The summed E-state index contributed by atoms with van der Waals surface area (Å²) in [6, 6.07) is 2.07. The highest BCUT2D eigenvalue weighted by atomic mass is 127. The molecule has 1 aromatic rings. The van der Waals surface area contributed by atoms with Crippen LogP contribution in [0.2, 0.25) is 0 Å². The zero-order valence-electron chi connectivity index (χ0n) is 15.2. The molecule has 1 heterocycles. The molecule has 1 aromatic heterocycles. The van der Waals surface area contributed by atoms with Crippen molar-refractivity contribution in [3.8, 4) is 0 Å². The number of halogens is 1. The highest BCUT2D eigenvalue weighted by molar-refractivity contribution is 14.0. The Labute approximate surface area is 163 Å². The van der Waals surface area contributed by atoms with Crippen molar-refractivity contribution in [2.75, 3.05) is 26.2 Å². The number of aryl methyl sites for hydroxylation is 1. The van der Waals surface area contributed by atoms with E-state index in [0.29, 0.717) is 5.92 Å². The Morgan fingerprint density at radius 2 is 2.08 bits per heavy atom. The standard InChI is InChI=1S/C18H32N4O.HI/c1-4-6-16(9-12-23)14-22-18(20-5-2)21-11-8-17-7-10-19-13-15(17)3;/h7,10,13,16,23H,4-6,8-9,11-12,14H2,1-3H3,(H2,20,21,22);1H. The van der Waals surface area contributed by atoms with Gasteiger partial charge in [0, 0.05) is 38.6 Å². The third-order valence-electron chi connectivity index (χ3n) is 3.91. The molecule has 0 bridgehead atoms. The van der Waals surface area contributed by atoms with E-state index in [9.17, 15) is 0 Å². The van der Waals surface area contributed by atoms with Crippen molar-refractivity contribution in [3.05, 3.63) is 29.6 Å².